The minimum absolute atomic E-state index is 0.0271. The number of ether oxygens (including phenoxy) is 2. The Labute approximate surface area is 176 Å². The number of nitrogens with zero attached hydrogens (tertiary/aromatic N) is 1. The second kappa shape index (κ2) is 9.61. The van der Waals surface area contributed by atoms with Crippen LogP contribution in [0.3, 0.4) is 0 Å². The maximum absolute atomic E-state index is 14.2. The van der Waals surface area contributed by atoms with Crippen molar-refractivity contribution in [2.45, 2.75) is 52.2 Å². The summed E-state index contributed by atoms with van der Waals surface area (Å²) < 4.78 is 24.9. The number of halogens is 1. The van der Waals surface area contributed by atoms with E-state index < -0.39 is 11.9 Å². The van der Waals surface area contributed by atoms with E-state index in [0.29, 0.717) is 23.5 Å². The Morgan fingerprint density at radius 1 is 1.10 bits per heavy atom. The van der Waals surface area contributed by atoms with Gasteiger partial charge in [0.2, 0.25) is 18.6 Å². The van der Waals surface area contributed by atoms with E-state index in [4.69, 9.17) is 9.47 Å². The van der Waals surface area contributed by atoms with E-state index in [0.717, 1.165) is 5.56 Å². The topological polar surface area (TPSA) is 67.9 Å². The van der Waals surface area contributed by atoms with E-state index in [1.807, 2.05) is 32.0 Å². The maximum Gasteiger partial charge on any atom is 0.242 e. The molecule has 7 heteroatoms. The van der Waals surface area contributed by atoms with Crippen LogP contribution in [-0.2, 0) is 22.6 Å². The first-order chi connectivity index (χ1) is 14.3. The number of hydrogen-bond donors (Lipinski definition) is 1. The van der Waals surface area contributed by atoms with Gasteiger partial charge in [-0.1, -0.05) is 24.3 Å². The molecular formula is C23H27FN2O4. The third-order valence-corrected chi connectivity index (χ3v) is 4.96. The zero-order chi connectivity index (χ0) is 21.7. The Morgan fingerprint density at radius 3 is 2.57 bits per heavy atom. The third-order valence-electron chi connectivity index (χ3n) is 4.96. The molecule has 1 N–H and O–H groups in total. The Kier molecular flexibility index (Phi) is 6.92. The molecule has 0 unspecified atom stereocenters. The van der Waals surface area contributed by atoms with Crippen LogP contribution in [0.5, 0.6) is 11.5 Å². The molecule has 30 heavy (non-hydrogen) atoms. The van der Waals surface area contributed by atoms with E-state index in [9.17, 15) is 14.0 Å². The average Bonchev–Trinajstić information content (AvgIpc) is 3.18. The fraction of sp³-hybridized carbons (Fsp3) is 0.391. The maximum atomic E-state index is 14.2. The molecule has 0 spiro atoms. The highest BCUT2D eigenvalue weighted by molar-refractivity contribution is 5.87. The smallest absolute Gasteiger partial charge is 0.242 e. The van der Waals surface area contributed by atoms with Gasteiger partial charge in [-0.15, -0.1) is 0 Å². The third kappa shape index (κ3) is 5.28. The van der Waals surface area contributed by atoms with Gasteiger partial charge >= 0.3 is 0 Å². The van der Waals surface area contributed by atoms with Gasteiger partial charge in [0.25, 0.3) is 0 Å². The van der Waals surface area contributed by atoms with Crippen LogP contribution in [0.25, 0.3) is 0 Å². The fourth-order valence-corrected chi connectivity index (χ4v) is 3.29. The highest BCUT2D eigenvalue weighted by Crippen LogP contribution is 2.32. The highest BCUT2D eigenvalue weighted by Gasteiger charge is 2.27. The first-order valence-corrected chi connectivity index (χ1v) is 10.1. The number of carbonyl (C=O) groups excluding carboxylic acids is 2. The second-order valence-electron chi connectivity index (χ2n) is 7.64. The molecule has 0 fully saturated rings. The number of fused-ring (bicyclic) bond motifs is 1. The Bertz CT molecular complexity index is 916. The number of carbonyl (C=O) groups is 2. The van der Waals surface area contributed by atoms with Crippen molar-refractivity contribution in [2.24, 2.45) is 0 Å². The number of rotatable bonds is 8. The van der Waals surface area contributed by atoms with Crippen molar-refractivity contribution in [3.63, 3.8) is 0 Å². The molecule has 0 radical (unpaired) electrons. The van der Waals surface area contributed by atoms with Crippen molar-refractivity contribution in [3.05, 3.63) is 59.4 Å². The molecule has 1 atom stereocenters. The van der Waals surface area contributed by atoms with Crippen molar-refractivity contribution in [2.75, 3.05) is 6.79 Å². The van der Waals surface area contributed by atoms with Crippen molar-refractivity contribution in [1.82, 2.24) is 10.2 Å². The van der Waals surface area contributed by atoms with Crippen molar-refractivity contribution in [1.29, 1.82) is 0 Å². The largest absolute Gasteiger partial charge is 0.454 e. The van der Waals surface area contributed by atoms with Crippen molar-refractivity contribution >= 4 is 11.8 Å². The molecule has 1 heterocycles. The van der Waals surface area contributed by atoms with Crippen LogP contribution < -0.4 is 14.8 Å². The standard InChI is InChI=1S/C23H27FN2O4/c1-15(2)25-23(28)16(3)26(13-18-6-4-5-7-19(18)24)22(27)11-9-17-8-10-20-21(12-17)30-14-29-20/h4-8,10,12,15-16H,9,11,13-14H2,1-3H3,(H,25,28)/t16-/m0/s1. The fourth-order valence-electron chi connectivity index (χ4n) is 3.29. The summed E-state index contributed by atoms with van der Waals surface area (Å²) in [5.74, 6) is 0.459. The second-order valence-corrected chi connectivity index (χ2v) is 7.64. The number of hydrogen-bond acceptors (Lipinski definition) is 4. The monoisotopic (exact) mass is 414 g/mol. The van der Waals surface area contributed by atoms with Crippen LogP contribution in [0.15, 0.2) is 42.5 Å². The molecule has 2 aromatic rings. The van der Waals surface area contributed by atoms with Gasteiger partial charge in [-0.2, -0.15) is 0 Å². The number of amides is 2. The molecule has 2 amide bonds. The molecular weight excluding hydrogens is 387 g/mol. The first-order valence-electron chi connectivity index (χ1n) is 10.1. The van der Waals surface area contributed by atoms with Gasteiger partial charge in [0, 0.05) is 24.6 Å². The van der Waals surface area contributed by atoms with Crippen molar-refractivity contribution in [3.8, 4) is 11.5 Å². The predicted octanol–water partition coefficient (Wildman–Crippen LogP) is 3.43. The number of aryl methyl sites for hydroxylation is 1. The Hall–Kier alpha value is -3.09. The van der Waals surface area contributed by atoms with Crippen LogP contribution in [-0.4, -0.2) is 35.6 Å². The molecule has 0 aliphatic carbocycles. The van der Waals surface area contributed by atoms with Crippen LogP contribution in [0.1, 0.15) is 38.3 Å². The molecule has 0 saturated carbocycles. The summed E-state index contributed by atoms with van der Waals surface area (Å²) in [6.07, 6.45) is 0.662. The molecule has 1 aliphatic heterocycles. The molecule has 0 saturated heterocycles. The number of nitrogens with one attached hydrogen (secondary N) is 1. The first kappa shape index (κ1) is 21.6. The van der Waals surface area contributed by atoms with Crippen LogP contribution in [0, 0.1) is 5.82 Å². The van der Waals surface area contributed by atoms with Gasteiger partial charge in [-0.25, -0.2) is 4.39 Å². The molecule has 160 valence electrons. The Balaban J connectivity index is 1.73. The summed E-state index contributed by atoms with van der Waals surface area (Å²) in [5.41, 5.74) is 1.30. The minimum Gasteiger partial charge on any atom is -0.454 e. The van der Waals surface area contributed by atoms with Gasteiger partial charge in [0.15, 0.2) is 11.5 Å². The lowest BCUT2D eigenvalue weighted by Crippen LogP contribution is -2.49. The van der Waals surface area contributed by atoms with Gasteiger partial charge < -0.3 is 19.7 Å². The van der Waals surface area contributed by atoms with Crippen molar-refractivity contribution < 1.29 is 23.5 Å². The summed E-state index contributed by atoms with van der Waals surface area (Å²) in [5, 5.41) is 2.82. The lowest BCUT2D eigenvalue weighted by molar-refractivity contribution is -0.140. The zero-order valence-corrected chi connectivity index (χ0v) is 17.5. The molecule has 0 aromatic heterocycles. The SMILES string of the molecule is CC(C)NC(=O)[C@H](C)N(Cc1ccccc1F)C(=O)CCc1ccc2c(c1)OCO2. The zero-order valence-electron chi connectivity index (χ0n) is 17.5. The van der Waals surface area contributed by atoms with Gasteiger partial charge in [0.05, 0.1) is 0 Å². The molecule has 3 rings (SSSR count). The van der Waals surface area contributed by atoms with E-state index >= 15 is 0 Å². The summed E-state index contributed by atoms with van der Waals surface area (Å²) in [7, 11) is 0. The lowest BCUT2D eigenvalue weighted by atomic mass is 10.1. The predicted molar refractivity (Wildman–Crippen MR) is 111 cm³/mol. The average molecular weight is 414 g/mol. The highest BCUT2D eigenvalue weighted by atomic mass is 19.1. The van der Waals surface area contributed by atoms with Crippen LogP contribution >= 0.6 is 0 Å². The molecule has 6 nitrogen and oxygen atoms in total. The van der Waals surface area contributed by atoms with E-state index in [1.165, 1.54) is 11.0 Å². The Morgan fingerprint density at radius 2 is 1.83 bits per heavy atom. The summed E-state index contributed by atoms with van der Waals surface area (Å²) in [4.78, 5) is 27.0. The van der Waals surface area contributed by atoms with E-state index in [1.54, 1.807) is 25.1 Å². The summed E-state index contributed by atoms with van der Waals surface area (Å²) >= 11 is 0. The molecule has 1 aliphatic rings. The quantitative estimate of drug-likeness (QED) is 0.719. The van der Waals surface area contributed by atoms with Gasteiger partial charge in [-0.05, 0) is 51.0 Å². The van der Waals surface area contributed by atoms with E-state index in [2.05, 4.69) is 5.32 Å². The molecule has 0 bridgehead atoms. The summed E-state index contributed by atoms with van der Waals surface area (Å²) in [6.45, 7) is 5.59. The summed E-state index contributed by atoms with van der Waals surface area (Å²) in [6, 6.07) is 11.1. The van der Waals surface area contributed by atoms with Gasteiger partial charge in [-0.3, -0.25) is 9.59 Å². The van der Waals surface area contributed by atoms with Crippen LogP contribution in [0.2, 0.25) is 0 Å². The molecule has 2 aromatic carbocycles. The van der Waals surface area contributed by atoms with E-state index in [-0.39, 0.29) is 37.6 Å². The lowest BCUT2D eigenvalue weighted by Gasteiger charge is -2.29. The normalized spacial score (nSPS) is 13.2. The van der Waals surface area contributed by atoms with Crippen LogP contribution in [0.4, 0.5) is 4.39 Å². The minimum atomic E-state index is -0.726. The van der Waals surface area contributed by atoms with Gasteiger partial charge in [0.1, 0.15) is 11.9 Å². The number of benzene rings is 2.